The Balaban J connectivity index is 1.82. The maximum atomic E-state index is 10.5. The number of aromatic hydroxyl groups is 1. The Morgan fingerprint density at radius 3 is 2.96 bits per heavy atom. The quantitative estimate of drug-likeness (QED) is 0.861. The molecule has 0 spiro atoms. The molecule has 4 nitrogen and oxygen atoms in total. The predicted octanol–water partition coefficient (Wildman–Crippen LogP) is 3.11. The van der Waals surface area contributed by atoms with Crippen molar-refractivity contribution < 1.29 is 14.6 Å². The van der Waals surface area contributed by atoms with Crippen LogP contribution in [0.25, 0.3) is 0 Å². The Morgan fingerprint density at radius 2 is 2.12 bits per heavy atom. The van der Waals surface area contributed by atoms with E-state index in [9.17, 15) is 5.11 Å². The molecule has 1 aliphatic heterocycles. The van der Waals surface area contributed by atoms with Gasteiger partial charge in [0.25, 0.3) is 0 Å². The summed E-state index contributed by atoms with van der Waals surface area (Å²) in [6, 6.07) is 4.59. The van der Waals surface area contributed by atoms with E-state index >= 15 is 0 Å². The van der Waals surface area contributed by atoms with E-state index in [2.05, 4.69) is 18.0 Å². The predicted molar refractivity (Wildman–Crippen MR) is 93.9 cm³/mol. The Kier molecular flexibility index (Phi) is 4.21. The van der Waals surface area contributed by atoms with Crippen LogP contribution in [0.3, 0.4) is 0 Å². The van der Waals surface area contributed by atoms with E-state index in [1.54, 1.807) is 7.11 Å². The lowest BCUT2D eigenvalue weighted by molar-refractivity contribution is 0.000588. The van der Waals surface area contributed by atoms with Gasteiger partial charge in [-0.1, -0.05) is 18.9 Å². The lowest BCUT2D eigenvalue weighted by atomic mass is 9.52. The van der Waals surface area contributed by atoms with Crippen LogP contribution >= 0.6 is 0 Å². The maximum Gasteiger partial charge on any atom is 0.165 e. The summed E-state index contributed by atoms with van der Waals surface area (Å²) in [6.07, 6.45) is 7.44. The molecule has 0 radical (unpaired) electrons. The third-order valence-corrected chi connectivity index (χ3v) is 6.72. The molecule has 4 rings (SSSR count). The minimum Gasteiger partial charge on any atom is -0.504 e. The summed E-state index contributed by atoms with van der Waals surface area (Å²) in [6.45, 7) is 2.18. The number of phenols is 1. The largest absolute Gasteiger partial charge is 0.504 e. The Morgan fingerprint density at radius 1 is 1.25 bits per heavy atom. The first-order valence-electron chi connectivity index (χ1n) is 9.34. The fraction of sp³-hybridized carbons (Fsp3) is 0.700. The third-order valence-electron chi connectivity index (χ3n) is 6.72. The lowest BCUT2D eigenvalue weighted by Crippen LogP contribution is -2.59. The van der Waals surface area contributed by atoms with Gasteiger partial charge in [0.1, 0.15) is 6.61 Å². The minimum absolute atomic E-state index is 0.199. The highest BCUT2D eigenvalue weighted by Gasteiger charge is 2.54. The van der Waals surface area contributed by atoms with Crippen LogP contribution in [-0.2, 0) is 16.6 Å². The number of fused-ring (bicyclic) bond motifs is 1. The summed E-state index contributed by atoms with van der Waals surface area (Å²) in [5.41, 5.74) is 2.91. The van der Waals surface area contributed by atoms with Crippen LogP contribution in [0.1, 0.15) is 43.2 Å². The molecule has 0 aromatic heterocycles. The average Bonchev–Trinajstić information content (AvgIpc) is 2.60. The lowest BCUT2D eigenvalue weighted by Gasteiger charge is -2.58. The molecule has 1 aromatic rings. The second-order valence-corrected chi connectivity index (χ2v) is 7.80. The number of ether oxygens (including phenoxy) is 2. The molecule has 2 bridgehead atoms. The number of rotatable bonds is 4. The molecule has 1 saturated heterocycles. The van der Waals surface area contributed by atoms with E-state index in [4.69, 9.17) is 9.47 Å². The molecule has 24 heavy (non-hydrogen) atoms. The molecule has 0 amide bonds. The third kappa shape index (κ3) is 2.34. The Labute approximate surface area is 144 Å². The Bertz CT molecular complexity index is 617. The smallest absolute Gasteiger partial charge is 0.165 e. The maximum absolute atomic E-state index is 10.5. The van der Waals surface area contributed by atoms with Gasteiger partial charge >= 0.3 is 0 Å². The second-order valence-electron chi connectivity index (χ2n) is 7.80. The van der Waals surface area contributed by atoms with Gasteiger partial charge < -0.3 is 19.5 Å². The summed E-state index contributed by atoms with van der Waals surface area (Å²) in [7, 11) is 3.96. The van der Waals surface area contributed by atoms with Gasteiger partial charge in [0.15, 0.2) is 11.5 Å². The van der Waals surface area contributed by atoms with Gasteiger partial charge in [-0.15, -0.1) is 0 Å². The van der Waals surface area contributed by atoms with Gasteiger partial charge in [-0.2, -0.15) is 0 Å². The number of methoxy groups -OCH3 is 1. The second kappa shape index (κ2) is 6.23. The fourth-order valence-corrected chi connectivity index (χ4v) is 5.65. The standard InChI is InChI=1S/C20H29NO3/c1-21-10-9-20-8-4-3-5-15(20)16(21)13-14-6-7-17(22)19(18(14)20)24-12-11-23-2/h6-7,15-16,22H,3-5,8-13H2,1-2H3/t15-,16+,20+/m0/s1. The number of likely N-dealkylation sites (tertiary alicyclic amines) is 1. The molecule has 3 atom stereocenters. The van der Waals surface area contributed by atoms with Crippen LogP contribution in [0.15, 0.2) is 12.1 Å². The molecular formula is C20H29NO3. The molecular weight excluding hydrogens is 302 g/mol. The molecule has 0 unspecified atom stereocenters. The summed E-state index contributed by atoms with van der Waals surface area (Å²) in [5.74, 6) is 1.73. The number of hydrogen-bond donors (Lipinski definition) is 1. The highest BCUT2D eigenvalue weighted by Crippen LogP contribution is 2.59. The monoisotopic (exact) mass is 331 g/mol. The zero-order valence-corrected chi connectivity index (χ0v) is 14.9. The summed E-state index contributed by atoms with van der Waals surface area (Å²) < 4.78 is 11.2. The number of likely N-dealkylation sites (N-methyl/N-ethyl adjacent to an activating group) is 1. The summed E-state index contributed by atoms with van der Waals surface area (Å²) >= 11 is 0. The first-order chi connectivity index (χ1) is 11.7. The first kappa shape index (κ1) is 16.2. The van der Waals surface area contributed by atoms with Crippen molar-refractivity contribution >= 4 is 0 Å². The molecule has 4 heteroatoms. The molecule has 2 aliphatic carbocycles. The van der Waals surface area contributed by atoms with Crippen molar-refractivity contribution in [1.29, 1.82) is 0 Å². The molecule has 1 saturated carbocycles. The van der Waals surface area contributed by atoms with Crippen molar-refractivity contribution in [2.24, 2.45) is 5.92 Å². The zero-order chi connectivity index (χ0) is 16.7. The van der Waals surface area contributed by atoms with E-state index in [1.165, 1.54) is 43.2 Å². The van der Waals surface area contributed by atoms with Crippen molar-refractivity contribution in [2.75, 3.05) is 33.9 Å². The Hall–Kier alpha value is -1.26. The molecule has 1 aromatic carbocycles. The number of piperidine rings is 1. The molecule has 132 valence electrons. The van der Waals surface area contributed by atoms with Gasteiger partial charge in [-0.3, -0.25) is 0 Å². The van der Waals surface area contributed by atoms with Crippen molar-refractivity contribution in [3.8, 4) is 11.5 Å². The molecule has 3 aliphatic rings. The van der Waals surface area contributed by atoms with Gasteiger partial charge in [-0.25, -0.2) is 0 Å². The minimum atomic E-state index is 0.199. The van der Waals surface area contributed by atoms with Crippen molar-refractivity contribution in [1.82, 2.24) is 4.90 Å². The van der Waals surface area contributed by atoms with Crippen molar-refractivity contribution in [2.45, 2.75) is 50.0 Å². The van der Waals surface area contributed by atoms with Crippen LogP contribution in [0.5, 0.6) is 11.5 Å². The normalized spacial score (nSPS) is 32.1. The van der Waals surface area contributed by atoms with Crippen molar-refractivity contribution in [3.63, 3.8) is 0 Å². The highest BCUT2D eigenvalue weighted by molar-refractivity contribution is 5.56. The molecule has 2 fully saturated rings. The van der Waals surface area contributed by atoms with Crippen LogP contribution in [0.4, 0.5) is 0 Å². The van der Waals surface area contributed by atoms with Crippen LogP contribution < -0.4 is 4.74 Å². The van der Waals surface area contributed by atoms with E-state index in [-0.39, 0.29) is 5.41 Å². The number of benzene rings is 1. The van der Waals surface area contributed by atoms with Gasteiger partial charge in [0.05, 0.1) is 6.61 Å². The van der Waals surface area contributed by atoms with Crippen LogP contribution in [0.2, 0.25) is 0 Å². The topological polar surface area (TPSA) is 41.9 Å². The van der Waals surface area contributed by atoms with E-state index in [0.717, 1.165) is 18.7 Å². The van der Waals surface area contributed by atoms with Crippen LogP contribution in [-0.4, -0.2) is 50.0 Å². The fourth-order valence-electron chi connectivity index (χ4n) is 5.65. The zero-order valence-electron chi connectivity index (χ0n) is 14.9. The first-order valence-corrected chi connectivity index (χ1v) is 9.34. The van der Waals surface area contributed by atoms with E-state index < -0.39 is 0 Å². The van der Waals surface area contributed by atoms with Gasteiger partial charge in [0, 0.05) is 24.1 Å². The highest BCUT2D eigenvalue weighted by atomic mass is 16.5. The average molecular weight is 331 g/mol. The number of phenolic OH excluding ortho intramolecular Hbond substituents is 1. The van der Waals surface area contributed by atoms with Crippen LogP contribution in [0, 0.1) is 5.92 Å². The summed E-state index contributed by atoms with van der Waals surface area (Å²) in [4.78, 5) is 2.56. The number of nitrogens with zero attached hydrogens (tertiary/aromatic N) is 1. The SMILES string of the molecule is COCCOc1c(O)ccc2c1[C@@]13CCCC[C@H]1[C@@H](C2)N(C)CC3. The molecule has 1 heterocycles. The van der Waals surface area contributed by atoms with E-state index in [0.29, 0.717) is 30.9 Å². The summed E-state index contributed by atoms with van der Waals surface area (Å²) in [5, 5.41) is 10.5. The van der Waals surface area contributed by atoms with Crippen molar-refractivity contribution in [3.05, 3.63) is 23.3 Å². The number of hydrogen-bond acceptors (Lipinski definition) is 4. The van der Waals surface area contributed by atoms with E-state index in [1.807, 2.05) is 6.07 Å². The molecule has 1 N–H and O–H groups in total. The van der Waals surface area contributed by atoms with Gasteiger partial charge in [0.2, 0.25) is 0 Å². The van der Waals surface area contributed by atoms with Gasteiger partial charge in [-0.05, 0) is 56.8 Å².